The number of aromatic nitrogens is 2. The smallest absolute Gasteiger partial charge is 0.0732 e. The molecule has 0 atom stereocenters. The summed E-state index contributed by atoms with van der Waals surface area (Å²) < 4.78 is 0. The summed E-state index contributed by atoms with van der Waals surface area (Å²) >= 11 is 0. The van der Waals surface area contributed by atoms with Crippen molar-refractivity contribution in [3.05, 3.63) is 181 Å². The summed E-state index contributed by atoms with van der Waals surface area (Å²) in [5.41, 5.74) is 10.9. The lowest BCUT2D eigenvalue weighted by molar-refractivity contribution is 1.27. The summed E-state index contributed by atoms with van der Waals surface area (Å²) in [7, 11) is 0. The maximum Gasteiger partial charge on any atom is 0.0732 e. The van der Waals surface area contributed by atoms with Crippen molar-refractivity contribution in [1.82, 2.24) is 9.97 Å². The van der Waals surface area contributed by atoms with Crippen LogP contribution >= 0.6 is 0 Å². The summed E-state index contributed by atoms with van der Waals surface area (Å²) in [5, 5.41) is 6.95. The van der Waals surface area contributed by atoms with Crippen molar-refractivity contribution >= 4 is 77.5 Å². The van der Waals surface area contributed by atoms with Crippen LogP contribution in [0.3, 0.4) is 0 Å². The maximum atomic E-state index is 5.07. The fourth-order valence-corrected chi connectivity index (χ4v) is 7.42. The molecule has 0 N–H and O–H groups in total. The van der Waals surface area contributed by atoms with Crippen LogP contribution in [-0.4, -0.2) is 9.97 Å². The average molecular weight is 643 g/mol. The lowest BCUT2D eigenvalue weighted by atomic mass is 9.95. The van der Waals surface area contributed by atoms with E-state index in [1.807, 2.05) is 12.4 Å². The molecule has 7 aromatic carbocycles. The normalized spacial score (nSPS) is 11.4. The second kappa shape index (κ2) is 12.2. The predicted octanol–water partition coefficient (Wildman–Crippen LogP) is 12.6. The van der Waals surface area contributed by atoms with Crippen molar-refractivity contribution in [3.63, 3.8) is 0 Å². The van der Waals surface area contributed by atoms with Gasteiger partial charge in [-0.15, -0.1) is 0 Å². The van der Waals surface area contributed by atoms with Gasteiger partial charge in [0.1, 0.15) is 0 Å². The van der Waals surface area contributed by atoms with Crippen LogP contribution in [0.25, 0.3) is 43.4 Å². The standard InChI is InChI=1S/C46H34N4/c1-31-23-39(49(35-15-7-3-8-16-35)36-17-9-4-10-18-36)27-43-45(31)41-25-34-30-48-44-28-40(24-32(2)46(44)42(34)26-33(41)29-47-43)50(37-19-11-5-12-20-37)38-21-13-6-14-22-38/h3-30H,1-2H3. The van der Waals surface area contributed by atoms with Gasteiger partial charge in [0.2, 0.25) is 0 Å². The molecule has 0 bridgehead atoms. The minimum atomic E-state index is 0.972. The fourth-order valence-electron chi connectivity index (χ4n) is 7.42. The van der Waals surface area contributed by atoms with Crippen molar-refractivity contribution in [3.8, 4) is 0 Å². The van der Waals surface area contributed by atoms with Crippen molar-refractivity contribution in [2.45, 2.75) is 13.8 Å². The molecule has 2 aromatic heterocycles. The number of benzene rings is 7. The van der Waals surface area contributed by atoms with E-state index < -0.39 is 0 Å². The number of rotatable bonds is 6. The van der Waals surface area contributed by atoms with Crippen LogP contribution in [0, 0.1) is 13.8 Å². The van der Waals surface area contributed by atoms with Crippen molar-refractivity contribution in [2.75, 3.05) is 9.80 Å². The predicted molar refractivity (Wildman–Crippen MR) is 211 cm³/mol. The average Bonchev–Trinajstić information content (AvgIpc) is 3.16. The Bertz CT molecular complexity index is 2390. The molecule has 0 saturated heterocycles. The minimum absolute atomic E-state index is 0.972. The molecule has 0 aliphatic rings. The van der Waals surface area contributed by atoms with Gasteiger partial charge in [0.05, 0.1) is 11.0 Å². The van der Waals surface area contributed by atoms with E-state index in [-0.39, 0.29) is 0 Å². The molecule has 0 unspecified atom stereocenters. The van der Waals surface area contributed by atoms with Crippen molar-refractivity contribution in [1.29, 1.82) is 0 Å². The lowest BCUT2D eigenvalue weighted by Crippen LogP contribution is -2.10. The second-order valence-corrected chi connectivity index (χ2v) is 12.9. The maximum absolute atomic E-state index is 5.07. The molecule has 50 heavy (non-hydrogen) atoms. The van der Waals surface area contributed by atoms with Gasteiger partial charge < -0.3 is 9.80 Å². The third kappa shape index (κ3) is 5.10. The Hall–Kier alpha value is -6.52. The Morgan fingerprint density at radius 1 is 0.360 bits per heavy atom. The third-order valence-electron chi connectivity index (χ3n) is 9.62. The zero-order valence-corrected chi connectivity index (χ0v) is 28.0. The van der Waals surface area contributed by atoms with Gasteiger partial charge in [0.15, 0.2) is 0 Å². The fraction of sp³-hybridized carbons (Fsp3) is 0.0435. The largest absolute Gasteiger partial charge is 0.310 e. The van der Waals surface area contributed by atoms with Gasteiger partial charge in [-0.1, -0.05) is 72.8 Å². The molecule has 0 fully saturated rings. The molecule has 4 nitrogen and oxygen atoms in total. The zero-order chi connectivity index (χ0) is 33.6. The van der Waals surface area contributed by atoms with Crippen LogP contribution in [-0.2, 0) is 0 Å². The van der Waals surface area contributed by atoms with Crippen LogP contribution in [0.1, 0.15) is 11.1 Å². The van der Waals surface area contributed by atoms with E-state index in [1.165, 1.54) is 32.7 Å². The highest BCUT2D eigenvalue weighted by atomic mass is 15.1. The summed E-state index contributed by atoms with van der Waals surface area (Å²) in [6, 6.07) is 55.6. The van der Waals surface area contributed by atoms with Gasteiger partial charge in [-0.2, -0.15) is 0 Å². The minimum Gasteiger partial charge on any atom is -0.310 e. The van der Waals surface area contributed by atoms with Gasteiger partial charge >= 0.3 is 0 Å². The Morgan fingerprint density at radius 3 is 1.00 bits per heavy atom. The van der Waals surface area contributed by atoms with E-state index in [9.17, 15) is 0 Å². The Kier molecular flexibility index (Phi) is 7.21. The van der Waals surface area contributed by atoms with E-state index in [4.69, 9.17) is 9.97 Å². The molecule has 9 aromatic rings. The molecule has 4 heteroatoms. The quantitative estimate of drug-likeness (QED) is 0.133. The molecule has 0 aliphatic carbocycles. The number of pyridine rings is 2. The first kappa shape index (κ1) is 29.6. The van der Waals surface area contributed by atoms with Gasteiger partial charge in [0.25, 0.3) is 0 Å². The third-order valence-corrected chi connectivity index (χ3v) is 9.62. The monoisotopic (exact) mass is 642 g/mol. The molecule has 238 valence electrons. The summed E-state index contributed by atoms with van der Waals surface area (Å²) in [4.78, 5) is 14.7. The van der Waals surface area contributed by atoms with Crippen LogP contribution < -0.4 is 9.80 Å². The lowest BCUT2D eigenvalue weighted by Gasteiger charge is -2.26. The van der Waals surface area contributed by atoms with Gasteiger partial charge in [-0.3, -0.25) is 9.97 Å². The number of aryl methyl sites for hydroxylation is 2. The van der Waals surface area contributed by atoms with Crippen molar-refractivity contribution in [2.24, 2.45) is 0 Å². The Labute approximate surface area is 291 Å². The van der Waals surface area contributed by atoms with Gasteiger partial charge in [0, 0.05) is 68.1 Å². The Morgan fingerprint density at radius 2 is 0.680 bits per heavy atom. The Balaban J connectivity index is 1.19. The number of para-hydroxylation sites is 4. The molecule has 0 aliphatic heterocycles. The van der Waals surface area contributed by atoms with E-state index in [0.717, 1.165) is 55.9 Å². The summed E-state index contributed by atoms with van der Waals surface area (Å²) in [6.07, 6.45) is 4.05. The first-order valence-corrected chi connectivity index (χ1v) is 17.0. The highest BCUT2D eigenvalue weighted by Crippen LogP contribution is 2.41. The molecule has 9 rings (SSSR count). The topological polar surface area (TPSA) is 32.3 Å². The first-order chi connectivity index (χ1) is 24.6. The summed E-state index contributed by atoms with van der Waals surface area (Å²) in [6.45, 7) is 4.39. The van der Waals surface area contributed by atoms with E-state index in [2.05, 4.69) is 181 Å². The molecule has 0 spiro atoms. The molecular formula is C46H34N4. The highest BCUT2D eigenvalue weighted by Gasteiger charge is 2.18. The number of anilines is 6. The first-order valence-electron chi connectivity index (χ1n) is 17.0. The summed E-state index contributed by atoms with van der Waals surface area (Å²) in [5.74, 6) is 0. The van der Waals surface area contributed by atoms with E-state index in [1.54, 1.807) is 0 Å². The van der Waals surface area contributed by atoms with Crippen LogP contribution in [0.5, 0.6) is 0 Å². The van der Waals surface area contributed by atoms with Crippen LogP contribution in [0.15, 0.2) is 170 Å². The number of nitrogens with zero attached hydrogens (tertiary/aromatic N) is 4. The van der Waals surface area contributed by atoms with Crippen LogP contribution in [0.4, 0.5) is 34.1 Å². The van der Waals surface area contributed by atoms with E-state index >= 15 is 0 Å². The second-order valence-electron chi connectivity index (χ2n) is 12.9. The van der Waals surface area contributed by atoms with Gasteiger partial charge in [-0.25, -0.2) is 0 Å². The zero-order valence-electron chi connectivity index (χ0n) is 28.0. The number of hydrogen-bond acceptors (Lipinski definition) is 4. The molecule has 0 saturated carbocycles. The highest BCUT2D eigenvalue weighted by molar-refractivity contribution is 6.17. The molecular weight excluding hydrogens is 609 g/mol. The van der Waals surface area contributed by atoms with Crippen molar-refractivity contribution < 1.29 is 0 Å². The number of fused-ring (bicyclic) bond motifs is 6. The molecule has 2 heterocycles. The van der Waals surface area contributed by atoms with Crippen LogP contribution in [0.2, 0.25) is 0 Å². The number of hydrogen-bond donors (Lipinski definition) is 0. The van der Waals surface area contributed by atoms with Gasteiger partial charge in [-0.05, 0) is 121 Å². The molecule has 0 amide bonds. The SMILES string of the molecule is Cc1cc(N(c2ccccc2)c2ccccc2)cc2ncc3cc4c(cnc5cc(N(c6ccccc6)c6ccccc6)cc(C)c54)cc3c12. The van der Waals surface area contributed by atoms with E-state index in [0.29, 0.717) is 0 Å². The molecule has 0 radical (unpaired) electrons.